The van der Waals surface area contributed by atoms with Crippen molar-refractivity contribution in [3.63, 3.8) is 0 Å². The minimum atomic E-state index is -0.288. The summed E-state index contributed by atoms with van der Waals surface area (Å²) in [6.07, 6.45) is 0. The van der Waals surface area contributed by atoms with Gasteiger partial charge >= 0.3 is 0 Å². The van der Waals surface area contributed by atoms with Crippen LogP contribution in [0, 0.1) is 0 Å². The molecule has 0 aliphatic heterocycles. The van der Waals surface area contributed by atoms with Crippen molar-refractivity contribution in [1.82, 2.24) is 4.90 Å². The third kappa shape index (κ3) is 3.15. The van der Waals surface area contributed by atoms with Crippen LogP contribution in [0.15, 0.2) is 30.3 Å². The second-order valence-electron chi connectivity index (χ2n) is 3.40. The minimum absolute atomic E-state index is 0.000191. The van der Waals surface area contributed by atoms with Crippen LogP contribution >= 0.6 is 0 Å². The molecule has 0 saturated heterocycles. The molecule has 0 spiro atoms. The maximum absolute atomic E-state index is 12.3. The van der Waals surface area contributed by atoms with Crippen LogP contribution in [0.2, 0.25) is 0 Å². The van der Waals surface area contributed by atoms with Crippen molar-refractivity contribution < 1.29 is 4.39 Å². The van der Waals surface area contributed by atoms with Crippen molar-refractivity contribution in [1.29, 1.82) is 0 Å². The van der Waals surface area contributed by atoms with Crippen LogP contribution in [0.3, 0.4) is 0 Å². The Labute approximate surface area is 79.2 Å². The molecule has 0 heterocycles. The monoisotopic (exact) mass is 181 g/mol. The van der Waals surface area contributed by atoms with Crippen molar-refractivity contribution in [3.05, 3.63) is 35.9 Å². The Kier molecular flexibility index (Phi) is 3.90. The first-order chi connectivity index (χ1) is 6.24. The molecule has 2 heteroatoms. The van der Waals surface area contributed by atoms with E-state index in [4.69, 9.17) is 0 Å². The fraction of sp³-hybridized carbons (Fsp3) is 0.455. The summed E-state index contributed by atoms with van der Waals surface area (Å²) in [5, 5.41) is 0. The molecule has 0 radical (unpaired) electrons. The highest BCUT2D eigenvalue weighted by Gasteiger charge is 2.07. The first kappa shape index (κ1) is 10.2. The van der Waals surface area contributed by atoms with E-state index in [1.165, 1.54) is 5.56 Å². The van der Waals surface area contributed by atoms with Gasteiger partial charge in [0.2, 0.25) is 0 Å². The minimum Gasteiger partial charge on any atom is -0.297 e. The van der Waals surface area contributed by atoms with Gasteiger partial charge in [0.15, 0.2) is 0 Å². The number of alkyl halides is 1. The molecule has 72 valence electrons. The lowest BCUT2D eigenvalue weighted by Gasteiger charge is -2.21. The molecule has 1 aromatic carbocycles. The Morgan fingerprint density at radius 3 is 2.46 bits per heavy atom. The van der Waals surface area contributed by atoms with Gasteiger partial charge in [0, 0.05) is 12.6 Å². The van der Waals surface area contributed by atoms with E-state index < -0.39 is 0 Å². The van der Waals surface area contributed by atoms with Gasteiger partial charge in [-0.3, -0.25) is 4.90 Å². The van der Waals surface area contributed by atoms with Crippen LogP contribution < -0.4 is 0 Å². The number of halogens is 1. The largest absolute Gasteiger partial charge is 0.297 e. The fourth-order valence-corrected chi connectivity index (χ4v) is 1.15. The van der Waals surface area contributed by atoms with E-state index in [1.807, 2.05) is 37.1 Å². The number of nitrogens with zero attached hydrogens (tertiary/aromatic N) is 1. The van der Waals surface area contributed by atoms with Gasteiger partial charge in [0.1, 0.15) is 6.67 Å². The highest BCUT2D eigenvalue weighted by molar-refractivity contribution is 5.14. The predicted molar refractivity (Wildman–Crippen MR) is 53.3 cm³/mol. The van der Waals surface area contributed by atoms with E-state index in [0.717, 1.165) is 6.54 Å². The quantitative estimate of drug-likeness (QED) is 0.689. The summed E-state index contributed by atoms with van der Waals surface area (Å²) in [6, 6.07) is 10.1. The Morgan fingerprint density at radius 2 is 1.92 bits per heavy atom. The lowest BCUT2D eigenvalue weighted by molar-refractivity contribution is 0.209. The molecule has 1 rings (SSSR count). The summed E-state index contributed by atoms with van der Waals surface area (Å²) in [5.41, 5.74) is 1.23. The Bertz CT molecular complexity index is 235. The zero-order valence-corrected chi connectivity index (χ0v) is 8.20. The topological polar surface area (TPSA) is 3.24 Å². The summed E-state index contributed by atoms with van der Waals surface area (Å²) < 4.78 is 12.3. The van der Waals surface area contributed by atoms with Crippen LogP contribution in [-0.2, 0) is 6.54 Å². The average Bonchev–Trinajstić information content (AvgIpc) is 2.18. The molecule has 0 aliphatic carbocycles. The van der Waals surface area contributed by atoms with Gasteiger partial charge in [-0.1, -0.05) is 30.3 Å². The van der Waals surface area contributed by atoms with Crippen molar-refractivity contribution >= 4 is 0 Å². The van der Waals surface area contributed by atoms with E-state index in [2.05, 4.69) is 12.1 Å². The molecule has 0 aromatic heterocycles. The smallest absolute Gasteiger partial charge is 0.105 e. The van der Waals surface area contributed by atoms with Crippen LogP contribution in [0.5, 0.6) is 0 Å². The van der Waals surface area contributed by atoms with Gasteiger partial charge < -0.3 is 0 Å². The van der Waals surface area contributed by atoms with Crippen LogP contribution in [0.1, 0.15) is 12.5 Å². The van der Waals surface area contributed by atoms with E-state index in [0.29, 0.717) is 0 Å². The maximum Gasteiger partial charge on any atom is 0.105 e. The predicted octanol–water partition coefficient (Wildman–Crippen LogP) is 2.48. The third-order valence-corrected chi connectivity index (χ3v) is 2.25. The molecule has 13 heavy (non-hydrogen) atoms. The van der Waals surface area contributed by atoms with Gasteiger partial charge in [-0.15, -0.1) is 0 Å². The molecule has 0 fully saturated rings. The molecule has 1 aromatic rings. The Hall–Kier alpha value is -0.890. The fourth-order valence-electron chi connectivity index (χ4n) is 1.15. The lowest BCUT2D eigenvalue weighted by Crippen LogP contribution is -2.30. The summed E-state index contributed by atoms with van der Waals surface area (Å²) in [5.74, 6) is 0. The molecule has 0 amide bonds. The van der Waals surface area contributed by atoms with Crippen LogP contribution in [-0.4, -0.2) is 24.7 Å². The average molecular weight is 181 g/mol. The van der Waals surface area contributed by atoms with Crippen molar-refractivity contribution in [2.24, 2.45) is 0 Å². The van der Waals surface area contributed by atoms with Gasteiger partial charge in [0.25, 0.3) is 0 Å². The Balaban J connectivity index is 2.50. The molecule has 1 atom stereocenters. The zero-order chi connectivity index (χ0) is 9.68. The number of hydrogen-bond acceptors (Lipinski definition) is 1. The summed E-state index contributed by atoms with van der Waals surface area (Å²) in [6.45, 7) is 2.41. The molecule has 0 saturated carbocycles. The molecule has 0 bridgehead atoms. The van der Waals surface area contributed by atoms with E-state index in [1.54, 1.807) is 0 Å². The zero-order valence-electron chi connectivity index (χ0n) is 8.20. The van der Waals surface area contributed by atoms with E-state index in [-0.39, 0.29) is 12.7 Å². The second-order valence-corrected chi connectivity index (χ2v) is 3.40. The molecular weight excluding hydrogens is 165 g/mol. The van der Waals surface area contributed by atoms with Crippen LogP contribution in [0.25, 0.3) is 0 Å². The maximum atomic E-state index is 12.3. The highest BCUT2D eigenvalue weighted by Crippen LogP contribution is 2.05. The normalized spacial score (nSPS) is 13.2. The van der Waals surface area contributed by atoms with E-state index in [9.17, 15) is 4.39 Å². The standard InChI is InChI=1S/C11H16FN/c1-10(8-12)13(2)9-11-6-4-3-5-7-11/h3-7,10H,8-9H2,1-2H3. The Morgan fingerprint density at radius 1 is 1.31 bits per heavy atom. The van der Waals surface area contributed by atoms with Crippen LogP contribution in [0.4, 0.5) is 4.39 Å². The summed E-state index contributed by atoms with van der Waals surface area (Å²) >= 11 is 0. The molecule has 1 nitrogen and oxygen atoms in total. The summed E-state index contributed by atoms with van der Waals surface area (Å²) in [7, 11) is 1.94. The van der Waals surface area contributed by atoms with E-state index >= 15 is 0 Å². The molecular formula is C11H16FN. The first-order valence-electron chi connectivity index (χ1n) is 4.54. The number of benzene rings is 1. The lowest BCUT2D eigenvalue weighted by atomic mass is 10.2. The third-order valence-electron chi connectivity index (χ3n) is 2.25. The van der Waals surface area contributed by atoms with Crippen molar-refractivity contribution in [2.75, 3.05) is 13.7 Å². The summed E-state index contributed by atoms with van der Waals surface area (Å²) in [4.78, 5) is 2.01. The second kappa shape index (κ2) is 4.97. The van der Waals surface area contributed by atoms with Crippen molar-refractivity contribution in [2.45, 2.75) is 19.5 Å². The number of rotatable bonds is 4. The van der Waals surface area contributed by atoms with Gasteiger partial charge in [-0.2, -0.15) is 0 Å². The highest BCUT2D eigenvalue weighted by atomic mass is 19.1. The SMILES string of the molecule is CC(CF)N(C)Cc1ccccc1. The first-order valence-corrected chi connectivity index (χ1v) is 4.54. The van der Waals surface area contributed by atoms with Crippen molar-refractivity contribution in [3.8, 4) is 0 Å². The number of hydrogen-bond donors (Lipinski definition) is 0. The van der Waals surface area contributed by atoms with Gasteiger partial charge in [-0.25, -0.2) is 4.39 Å². The van der Waals surface area contributed by atoms with Gasteiger partial charge in [-0.05, 0) is 19.5 Å². The molecule has 0 N–H and O–H groups in total. The molecule has 0 aliphatic rings. The van der Waals surface area contributed by atoms with Gasteiger partial charge in [0.05, 0.1) is 0 Å². The molecule has 1 unspecified atom stereocenters.